The van der Waals surface area contributed by atoms with Gasteiger partial charge in [0.15, 0.2) is 0 Å². The number of aliphatic carboxylic acids is 1. The molecule has 2 nitrogen and oxygen atoms in total. The van der Waals surface area contributed by atoms with Crippen molar-refractivity contribution in [2.24, 2.45) is 11.8 Å². The Morgan fingerprint density at radius 2 is 1.32 bits per heavy atom. The Morgan fingerprint density at radius 1 is 0.818 bits per heavy atom. The molecule has 2 heteroatoms. The molecule has 2 atom stereocenters. The van der Waals surface area contributed by atoms with Crippen molar-refractivity contribution in [2.45, 2.75) is 110 Å². The molecule has 0 aromatic rings. The average molecular weight is 311 g/mol. The molecule has 1 aliphatic carbocycles. The lowest BCUT2D eigenvalue weighted by atomic mass is 9.75. The monoisotopic (exact) mass is 310 g/mol. The van der Waals surface area contributed by atoms with Gasteiger partial charge in [-0.25, -0.2) is 0 Å². The van der Waals surface area contributed by atoms with Crippen LogP contribution < -0.4 is 0 Å². The molecule has 0 amide bonds. The molecule has 1 aliphatic rings. The molecule has 1 fully saturated rings. The van der Waals surface area contributed by atoms with Crippen molar-refractivity contribution in [3.63, 3.8) is 0 Å². The van der Waals surface area contributed by atoms with E-state index in [-0.39, 0.29) is 0 Å². The van der Waals surface area contributed by atoms with E-state index in [0.717, 1.165) is 24.7 Å². The smallest absolute Gasteiger partial charge is 0.303 e. The normalized spacial score (nSPS) is 21.9. The Morgan fingerprint density at radius 3 is 1.86 bits per heavy atom. The van der Waals surface area contributed by atoms with Gasteiger partial charge in [0.05, 0.1) is 0 Å². The fourth-order valence-electron chi connectivity index (χ4n) is 4.16. The summed E-state index contributed by atoms with van der Waals surface area (Å²) < 4.78 is 0. The van der Waals surface area contributed by atoms with Crippen molar-refractivity contribution in [3.8, 4) is 0 Å². The number of carboxylic acids is 1. The van der Waals surface area contributed by atoms with Crippen LogP contribution in [0, 0.1) is 11.8 Å². The van der Waals surface area contributed by atoms with E-state index in [1.54, 1.807) is 0 Å². The first-order valence-electron chi connectivity index (χ1n) is 9.95. The van der Waals surface area contributed by atoms with Crippen LogP contribution in [-0.2, 0) is 4.79 Å². The molecule has 1 N–H and O–H groups in total. The van der Waals surface area contributed by atoms with Crippen molar-refractivity contribution < 1.29 is 9.90 Å². The third-order valence-electron chi connectivity index (χ3n) is 5.44. The van der Waals surface area contributed by atoms with Crippen molar-refractivity contribution in [2.75, 3.05) is 0 Å². The van der Waals surface area contributed by atoms with Crippen LogP contribution in [0.5, 0.6) is 0 Å². The van der Waals surface area contributed by atoms with E-state index in [1.165, 1.54) is 83.5 Å². The first-order chi connectivity index (χ1) is 10.7. The maximum Gasteiger partial charge on any atom is 0.303 e. The van der Waals surface area contributed by atoms with Gasteiger partial charge in [-0.05, 0) is 18.3 Å². The third kappa shape index (κ3) is 9.48. The van der Waals surface area contributed by atoms with Crippen molar-refractivity contribution in [3.05, 3.63) is 0 Å². The van der Waals surface area contributed by atoms with Crippen molar-refractivity contribution in [1.29, 1.82) is 0 Å². The van der Waals surface area contributed by atoms with Gasteiger partial charge in [0.1, 0.15) is 0 Å². The molecule has 1 saturated carbocycles. The quantitative estimate of drug-likeness (QED) is 0.390. The molecule has 0 saturated heterocycles. The molecule has 130 valence electrons. The minimum absolute atomic E-state index is 0.348. The molecule has 22 heavy (non-hydrogen) atoms. The van der Waals surface area contributed by atoms with Gasteiger partial charge in [0.25, 0.3) is 0 Å². The zero-order valence-electron chi connectivity index (χ0n) is 14.8. The summed E-state index contributed by atoms with van der Waals surface area (Å²) in [7, 11) is 0. The van der Waals surface area contributed by atoms with Crippen LogP contribution in [0.4, 0.5) is 0 Å². The third-order valence-corrected chi connectivity index (χ3v) is 5.44. The zero-order chi connectivity index (χ0) is 16.0. The lowest BCUT2D eigenvalue weighted by Gasteiger charge is -2.31. The van der Waals surface area contributed by atoms with Gasteiger partial charge in [-0.2, -0.15) is 0 Å². The molecule has 0 heterocycles. The maximum atomic E-state index is 10.4. The summed E-state index contributed by atoms with van der Waals surface area (Å²) in [5.41, 5.74) is 0. The summed E-state index contributed by atoms with van der Waals surface area (Å²) in [5.74, 6) is 1.42. The highest BCUT2D eigenvalue weighted by molar-refractivity contribution is 5.66. The van der Waals surface area contributed by atoms with Crippen molar-refractivity contribution in [1.82, 2.24) is 0 Å². The molecule has 0 bridgehead atoms. The summed E-state index contributed by atoms with van der Waals surface area (Å²) in [4.78, 5) is 10.4. The number of carbonyl (C=O) groups is 1. The average Bonchev–Trinajstić information content (AvgIpc) is 2.50. The molecule has 0 spiro atoms. The Kier molecular flexibility index (Phi) is 11.5. The van der Waals surface area contributed by atoms with Gasteiger partial charge >= 0.3 is 5.97 Å². The fraction of sp³-hybridized carbons (Fsp3) is 0.950. The molecule has 0 aromatic heterocycles. The fourth-order valence-corrected chi connectivity index (χ4v) is 4.16. The lowest BCUT2D eigenvalue weighted by molar-refractivity contribution is -0.137. The number of unbranched alkanes of at least 4 members (excludes halogenated alkanes) is 7. The summed E-state index contributed by atoms with van der Waals surface area (Å²) >= 11 is 0. The van der Waals surface area contributed by atoms with E-state index in [4.69, 9.17) is 5.11 Å². The first-order valence-corrected chi connectivity index (χ1v) is 9.95. The highest BCUT2D eigenvalue weighted by Crippen LogP contribution is 2.36. The van der Waals surface area contributed by atoms with Gasteiger partial charge in [-0.1, -0.05) is 96.8 Å². The van der Waals surface area contributed by atoms with Gasteiger partial charge in [-0.3, -0.25) is 4.79 Å². The molecule has 0 aliphatic heterocycles. The van der Waals surface area contributed by atoms with E-state index in [1.807, 2.05) is 0 Å². The Labute approximate surface area is 138 Å². The predicted octanol–water partition coefficient (Wildman–Crippen LogP) is 6.58. The minimum Gasteiger partial charge on any atom is -0.481 e. The van der Waals surface area contributed by atoms with Crippen LogP contribution in [0.25, 0.3) is 0 Å². The molecule has 1 rings (SSSR count). The molecule has 2 unspecified atom stereocenters. The SMILES string of the molecule is CCCC1CCCCC1CCCCCCCCCCC(=O)O. The van der Waals surface area contributed by atoms with E-state index in [9.17, 15) is 4.79 Å². The van der Waals surface area contributed by atoms with E-state index < -0.39 is 5.97 Å². The Balaban J connectivity index is 1.91. The molecular formula is C20H38O2. The molecule has 0 radical (unpaired) electrons. The van der Waals surface area contributed by atoms with Gasteiger partial charge < -0.3 is 5.11 Å². The summed E-state index contributed by atoms with van der Waals surface area (Å²) in [6.07, 6.45) is 20.6. The second-order valence-corrected chi connectivity index (χ2v) is 7.35. The second-order valence-electron chi connectivity index (χ2n) is 7.35. The van der Waals surface area contributed by atoms with Gasteiger partial charge in [-0.15, -0.1) is 0 Å². The van der Waals surface area contributed by atoms with Crippen LogP contribution in [0.15, 0.2) is 0 Å². The van der Waals surface area contributed by atoms with E-state index in [0.29, 0.717) is 6.42 Å². The van der Waals surface area contributed by atoms with Gasteiger partial charge in [0.2, 0.25) is 0 Å². The lowest BCUT2D eigenvalue weighted by Crippen LogP contribution is -2.19. The minimum atomic E-state index is -0.649. The second kappa shape index (κ2) is 13.0. The highest BCUT2D eigenvalue weighted by Gasteiger charge is 2.23. The summed E-state index contributed by atoms with van der Waals surface area (Å²) in [5, 5.41) is 8.57. The topological polar surface area (TPSA) is 37.3 Å². The van der Waals surface area contributed by atoms with E-state index in [2.05, 4.69) is 6.92 Å². The number of hydrogen-bond acceptors (Lipinski definition) is 1. The zero-order valence-corrected chi connectivity index (χ0v) is 14.8. The first kappa shape index (κ1) is 19.5. The Bertz CT molecular complexity index is 273. The van der Waals surface area contributed by atoms with Crippen LogP contribution in [0.1, 0.15) is 110 Å². The van der Waals surface area contributed by atoms with Crippen LogP contribution >= 0.6 is 0 Å². The highest BCUT2D eigenvalue weighted by atomic mass is 16.4. The number of carboxylic acid groups (broad SMARTS) is 1. The maximum absolute atomic E-state index is 10.4. The standard InChI is InChI=1S/C20H38O2/c1-2-13-18-15-11-12-16-19(18)14-9-7-5-3-4-6-8-10-17-20(21)22/h18-19H,2-17H2,1H3,(H,21,22). The van der Waals surface area contributed by atoms with Crippen LogP contribution in [-0.4, -0.2) is 11.1 Å². The number of hydrogen-bond donors (Lipinski definition) is 1. The molecule has 0 aromatic carbocycles. The summed E-state index contributed by atoms with van der Waals surface area (Å²) in [6.45, 7) is 2.34. The summed E-state index contributed by atoms with van der Waals surface area (Å²) in [6, 6.07) is 0. The number of rotatable bonds is 13. The largest absolute Gasteiger partial charge is 0.481 e. The van der Waals surface area contributed by atoms with Crippen molar-refractivity contribution >= 4 is 5.97 Å². The predicted molar refractivity (Wildman–Crippen MR) is 94.2 cm³/mol. The van der Waals surface area contributed by atoms with Crippen LogP contribution in [0.2, 0.25) is 0 Å². The molecular weight excluding hydrogens is 272 g/mol. The Hall–Kier alpha value is -0.530. The van der Waals surface area contributed by atoms with Crippen LogP contribution in [0.3, 0.4) is 0 Å². The van der Waals surface area contributed by atoms with E-state index >= 15 is 0 Å². The van der Waals surface area contributed by atoms with Gasteiger partial charge in [0, 0.05) is 6.42 Å².